The molecule has 4 heteroatoms. The van der Waals surface area contributed by atoms with Crippen molar-refractivity contribution in [1.29, 1.82) is 0 Å². The zero-order valence-corrected chi connectivity index (χ0v) is 15.7. The summed E-state index contributed by atoms with van der Waals surface area (Å²) in [6.45, 7) is 4.55. The zero-order valence-electron chi connectivity index (χ0n) is 15.7. The first-order valence-corrected chi connectivity index (χ1v) is 9.33. The van der Waals surface area contributed by atoms with Crippen LogP contribution < -0.4 is 0 Å². The lowest BCUT2D eigenvalue weighted by Crippen LogP contribution is -2.14. The molecule has 2 heterocycles. The number of hydrogen-bond donors (Lipinski definition) is 0. The Morgan fingerprint density at radius 3 is 2.67 bits per heavy atom. The van der Waals surface area contributed by atoms with Crippen molar-refractivity contribution >= 4 is 12.3 Å². The van der Waals surface area contributed by atoms with E-state index in [0.717, 1.165) is 17.7 Å². The third-order valence-corrected chi connectivity index (χ3v) is 6.20. The summed E-state index contributed by atoms with van der Waals surface area (Å²) in [5.41, 5.74) is 1.98. The van der Waals surface area contributed by atoms with Gasteiger partial charge in [0.1, 0.15) is 5.76 Å². The van der Waals surface area contributed by atoms with Crippen LogP contribution in [0.5, 0.6) is 0 Å². The molecule has 2 aliphatic rings. The Bertz CT molecular complexity index is 890. The standard InChI is InChI=1S/C23H23O4/c1-22(2)20(12-18-8-9-26-21(18)25)23(22,15-24)13-17-11-19(27-14-17)10-16-6-4-3-5-7-16/h3-7,11-12,14,20H,8-10,13H2,1-2H3/t20-,23-/m1/s1. The third-order valence-electron chi connectivity index (χ3n) is 6.20. The SMILES string of the molecule is CC1(C)[C@@H](C=C2CCOC2=O)[C@]1([C]=O)Cc1coc(Cc2ccccc2)c1. The number of allylic oxidation sites excluding steroid dienone is 1. The number of benzene rings is 1. The monoisotopic (exact) mass is 363 g/mol. The summed E-state index contributed by atoms with van der Waals surface area (Å²) in [5, 5.41) is 0. The van der Waals surface area contributed by atoms with Crippen molar-refractivity contribution in [2.75, 3.05) is 6.61 Å². The molecule has 1 aliphatic carbocycles. The molecule has 4 rings (SSSR count). The minimum atomic E-state index is -0.628. The molecular formula is C23H23O4. The van der Waals surface area contributed by atoms with Crippen molar-refractivity contribution in [3.63, 3.8) is 0 Å². The van der Waals surface area contributed by atoms with Gasteiger partial charge in [-0.3, -0.25) is 4.79 Å². The third kappa shape index (κ3) is 3.03. The lowest BCUT2D eigenvalue weighted by atomic mass is 9.90. The first-order valence-electron chi connectivity index (χ1n) is 9.33. The molecule has 0 N–H and O–H groups in total. The molecule has 1 saturated heterocycles. The Kier molecular flexibility index (Phi) is 4.29. The van der Waals surface area contributed by atoms with Gasteiger partial charge < -0.3 is 9.15 Å². The fourth-order valence-corrected chi connectivity index (χ4v) is 4.35. The summed E-state index contributed by atoms with van der Waals surface area (Å²) in [6.07, 6.45) is 7.87. The highest BCUT2D eigenvalue weighted by Gasteiger charge is 2.70. The van der Waals surface area contributed by atoms with Gasteiger partial charge in [0.05, 0.1) is 18.3 Å². The number of carbonyl (C=O) groups is 1. The fraction of sp³-hybridized carbons (Fsp3) is 0.391. The highest BCUT2D eigenvalue weighted by atomic mass is 16.5. The molecule has 2 aromatic rings. The van der Waals surface area contributed by atoms with Gasteiger partial charge in [-0.2, -0.15) is 0 Å². The average molecular weight is 363 g/mol. The Balaban J connectivity index is 1.52. The van der Waals surface area contributed by atoms with Crippen LogP contribution in [0.25, 0.3) is 0 Å². The maximum atomic E-state index is 12.0. The van der Waals surface area contributed by atoms with E-state index in [1.54, 1.807) is 6.26 Å². The van der Waals surface area contributed by atoms with Crippen molar-refractivity contribution in [2.45, 2.75) is 33.1 Å². The molecule has 2 atom stereocenters. The largest absolute Gasteiger partial charge is 0.469 e. The highest BCUT2D eigenvalue weighted by molar-refractivity contribution is 5.90. The van der Waals surface area contributed by atoms with Crippen LogP contribution in [-0.4, -0.2) is 18.9 Å². The summed E-state index contributed by atoms with van der Waals surface area (Å²) < 4.78 is 10.7. The van der Waals surface area contributed by atoms with Gasteiger partial charge in [-0.25, -0.2) is 4.79 Å². The Labute approximate surface area is 159 Å². The van der Waals surface area contributed by atoms with Crippen LogP contribution in [0.3, 0.4) is 0 Å². The van der Waals surface area contributed by atoms with Crippen molar-refractivity contribution in [3.05, 3.63) is 71.2 Å². The second-order valence-electron chi connectivity index (χ2n) is 8.11. The minimum Gasteiger partial charge on any atom is -0.469 e. The summed E-state index contributed by atoms with van der Waals surface area (Å²) >= 11 is 0. The molecule has 1 saturated carbocycles. The number of carbonyl (C=O) groups excluding carboxylic acids is 2. The average Bonchev–Trinajstić information content (AvgIpc) is 3.06. The van der Waals surface area contributed by atoms with Crippen molar-refractivity contribution < 1.29 is 18.7 Å². The maximum Gasteiger partial charge on any atom is 0.333 e. The van der Waals surface area contributed by atoms with E-state index >= 15 is 0 Å². The molecule has 139 valence electrons. The predicted molar refractivity (Wildman–Crippen MR) is 101 cm³/mol. The lowest BCUT2D eigenvalue weighted by molar-refractivity contribution is -0.135. The number of ether oxygens (including phenoxy) is 1. The van der Waals surface area contributed by atoms with Crippen LogP contribution in [0.2, 0.25) is 0 Å². The van der Waals surface area contributed by atoms with E-state index in [-0.39, 0.29) is 17.3 Å². The highest BCUT2D eigenvalue weighted by Crippen LogP contribution is 2.70. The van der Waals surface area contributed by atoms with E-state index in [9.17, 15) is 9.59 Å². The van der Waals surface area contributed by atoms with Gasteiger partial charge in [0, 0.05) is 18.4 Å². The molecule has 1 aliphatic heterocycles. The van der Waals surface area contributed by atoms with Crippen LogP contribution in [0, 0.1) is 16.7 Å². The number of esters is 1. The smallest absolute Gasteiger partial charge is 0.333 e. The molecule has 4 nitrogen and oxygen atoms in total. The van der Waals surface area contributed by atoms with Crippen LogP contribution in [0.15, 0.2) is 58.7 Å². The van der Waals surface area contributed by atoms with Gasteiger partial charge in [0.2, 0.25) is 6.29 Å². The van der Waals surface area contributed by atoms with E-state index in [1.807, 2.05) is 30.3 Å². The summed E-state index contributed by atoms with van der Waals surface area (Å²) in [7, 11) is 0. The fourth-order valence-electron chi connectivity index (χ4n) is 4.35. The summed E-state index contributed by atoms with van der Waals surface area (Å²) in [4.78, 5) is 23.8. The number of hydrogen-bond acceptors (Lipinski definition) is 4. The Morgan fingerprint density at radius 2 is 2.00 bits per heavy atom. The van der Waals surface area contributed by atoms with Crippen LogP contribution in [0.4, 0.5) is 0 Å². The lowest BCUT2D eigenvalue weighted by Gasteiger charge is -2.10. The minimum absolute atomic E-state index is 0.0179. The van der Waals surface area contributed by atoms with E-state index in [2.05, 4.69) is 32.3 Å². The number of rotatable bonds is 6. The first kappa shape index (κ1) is 17.8. The van der Waals surface area contributed by atoms with Gasteiger partial charge in [-0.05, 0) is 34.9 Å². The number of cyclic esters (lactones) is 1. The van der Waals surface area contributed by atoms with E-state index < -0.39 is 5.41 Å². The van der Waals surface area contributed by atoms with Crippen molar-refractivity contribution in [3.8, 4) is 0 Å². The molecule has 1 aromatic heterocycles. The molecule has 1 aromatic carbocycles. The van der Waals surface area contributed by atoms with E-state index in [4.69, 9.17) is 9.15 Å². The second kappa shape index (κ2) is 6.52. The molecular weight excluding hydrogens is 340 g/mol. The summed E-state index contributed by atoms with van der Waals surface area (Å²) in [6, 6.07) is 12.2. The maximum absolute atomic E-state index is 12.0. The first-order chi connectivity index (χ1) is 13.0. The van der Waals surface area contributed by atoms with Crippen molar-refractivity contribution in [1.82, 2.24) is 0 Å². The van der Waals surface area contributed by atoms with Crippen LogP contribution in [-0.2, 0) is 27.2 Å². The van der Waals surface area contributed by atoms with Gasteiger partial charge in [-0.15, -0.1) is 0 Å². The molecule has 0 spiro atoms. The van der Waals surface area contributed by atoms with Gasteiger partial charge in [-0.1, -0.05) is 50.3 Å². The zero-order chi connectivity index (χ0) is 19.1. The summed E-state index contributed by atoms with van der Waals surface area (Å²) in [5.74, 6) is 0.603. The van der Waals surface area contributed by atoms with E-state index in [0.29, 0.717) is 25.0 Å². The van der Waals surface area contributed by atoms with Gasteiger partial charge in [0.25, 0.3) is 0 Å². The normalized spacial score (nSPS) is 27.6. The van der Waals surface area contributed by atoms with Crippen LogP contribution >= 0.6 is 0 Å². The van der Waals surface area contributed by atoms with Crippen LogP contribution in [0.1, 0.15) is 37.2 Å². The van der Waals surface area contributed by atoms with E-state index in [1.165, 1.54) is 5.56 Å². The molecule has 0 amide bonds. The Morgan fingerprint density at radius 1 is 1.22 bits per heavy atom. The molecule has 1 radical (unpaired) electrons. The molecule has 0 unspecified atom stereocenters. The topological polar surface area (TPSA) is 56.5 Å². The van der Waals surface area contributed by atoms with Gasteiger partial charge >= 0.3 is 5.97 Å². The van der Waals surface area contributed by atoms with Gasteiger partial charge in [0.15, 0.2) is 0 Å². The van der Waals surface area contributed by atoms with Crippen molar-refractivity contribution in [2.24, 2.45) is 16.7 Å². The Hall–Kier alpha value is -2.62. The molecule has 27 heavy (non-hydrogen) atoms. The predicted octanol–water partition coefficient (Wildman–Crippen LogP) is 4.04. The number of furan rings is 1. The molecule has 0 bridgehead atoms. The quantitative estimate of drug-likeness (QED) is 0.574. The second-order valence-corrected chi connectivity index (χ2v) is 8.11. The molecule has 2 fully saturated rings.